The number of ether oxygens (including phenoxy) is 2. The normalized spacial score (nSPS) is 21.1. The number of halogens is 1. The van der Waals surface area contributed by atoms with Gasteiger partial charge in [-0.15, -0.1) is 0 Å². The molecule has 0 bridgehead atoms. The fourth-order valence-corrected chi connectivity index (χ4v) is 5.96. The molecule has 0 radical (unpaired) electrons. The van der Waals surface area contributed by atoms with E-state index in [0.717, 1.165) is 48.2 Å². The second kappa shape index (κ2) is 12.2. The zero-order valence-electron chi connectivity index (χ0n) is 23.8. The van der Waals surface area contributed by atoms with Crippen LogP contribution in [0.25, 0.3) is 0 Å². The summed E-state index contributed by atoms with van der Waals surface area (Å²) in [6.07, 6.45) is 2.76. The fraction of sp³-hybridized carbons (Fsp3) is 0.424. The van der Waals surface area contributed by atoms with Gasteiger partial charge in [-0.05, 0) is 98.3 Å². The van der Waals surface area contributed by atoms with Gasteiger partial charge in [-0.2, -0.15) is 0 Å². The number of β-amino-alcohol motifs (C(OH)–C–C–N with tert-alkyl or cyclic N) is 1. The first kappa shape index (κ1) is 28.5. The van der Waals surface area contributed by atoms with Crippen LogP contribution < -0.4 is 14.4 Å². The van der Waals surface area contributed by atoms with Crippen LogP contribution in [0.5, 0.6) is 11.5 Å². The Morgan fingerprint density at radius 1 is 1.05 bits per heavy atom. The van der Waals surface area contributed by atoms with Crippen molar-refractivity contribution in [1.82, 2.24) is 4.90 Å². The third-order valence-electron chi connectivity index (χ3n) is 8.31. The first-order chi connectivity index (χ1) is 19.3. The number of nitrogens with zero attached hydrogens (tertiary/aromatic N) is 2. The summed E-state index contributed by atoms with van der Waals surface area (Å²) < 4.78 is 11.9. The predicted octanol–water partition coefficient (Wildman–Crippen LogP) is 6.72. The molecule has 7 heteroatoms. The summed E-state index contributed by atoms with van der Waals surface area (Å²) in [6.45, 7) is 7.97. The lowest BCUT2D eigenvalue weighted by Crippen LogP contribution is -2.41. The molecular weight excluding hydrogens is 524 g/mol. The second-order valence-corrected chi connectivity index (χ2v) is 11.4. The standard InChI is InChI=1S/C33H39ClN2O4/c1-5-21(2)40-31-19-29-25(17-30(31)39-4)18-32(38)36(33(29)24-8-12-26(34)13-9-24)27-14-10-23(11-15-27)22(3)35-16-6-7-28(37)20-35/h8-15,17,19,21-22,28,33,37H,5-7,16,18,20H2,1-4H3/t21-,22?,28-,33?/m1/s1. The largest absolute Gasteiger partial charge is 0.493 e. The van der Waals surface area contributed by atoms with Gasteiger partial charge < -0.3 is 19.5 Å². The molecule has 5 rings (SSSR count). The highest BCUT2D eigenvalue weighted by Crippen LogP contribution is 2.44. The van der Waals surface area contributed by atoms with E-state index in [-0.39, 0.29) is 36.6 Å². The molecule has 3 aromatic carbocycles. The lowest BCUT2D eigenvalue weighted by Gasteiger charge is -2.38. The maximum atomic E-state index is 13.8. The lowest BCUT2D eigenvalue weighted by molar-refractivity contribution is -0.118. The average Bonchev–Trinajstić information content (AvgIpc) is 2.96. The van der Waals surface area contributed by atoms with Gasteiger partial charge >= 0.3 is 0 Å². The summed E-state index contributed by atoms with van der Waals surface area (Å²) in [7, 11) is 1.63. The van der Waals surface area contributed by atoms with Crippen LogP contribution in [0.2, 0.25) is 5.02 Å². The Bertz CT molecular complexity index is 1330. The molecule has 0 saturated carbocycles. The molecule has 1 N–H and O–H groups in total. The van der Waals surface area contributed by atoms with E-state index in [0.29, 0.717) is 23.1 Å². The van der Waals surface area contributed by atoms with E-state index in [4.69, 9.17) is 21.1 Å². The van der Waals surface area contributed by atoms with Crippen molar-refractivity contribution >= 4 is 23.2 Å². The highest BCUT2D eigenvalue weighted by atomic mass is 35.5. The second-order valence-electron chi connectivity index (χ2n) is 11.0. The van der Waals surface area contributed by atoms with E-state index in [2.05, 4.69) is 30.9 Å². The number of aliphatic hydroxyl groups excluding tert-OH is 1. The van der Waals surface area contributed by atoms with Gasteiger partial charge in [-0.3, -0.25) is 9.69 Å². The van der Waals surface area contributed by atoms with Crippen LogP contribution in [0.3, 0.4) is 0 Å². The van der Waals surface area contributed by atoms with Crippen molar-refractivity contribution in [2.24, 2.45) is 0 Å². The summed E-state index contributed by atoms with van der Waals surface area (Å²) in [6, 6.07) is 19.8. The maximum Gasteiger partial charge on any atom is 0.232 e. The third kappa shape index (κ3) is 5.85. The van der Waals surface area contributed by atoms with Gasteiger partial charge in [-0.1, -0.05) is 42.8 Å². The highest BCUT2D eigenvalue weighted by Gasteiger charge is 2.36. The van der Waals surface area contributed by atoms with Crippen LogP contribution >= 0.6 is 11.6 Å². The van der Waals surface area contributed by atoms with Crippen molar-refractivity contribution in [3.05, 3.63) is 87.9 Å². The number of rotatable bonds is 8. The van der Waals surface area contributed by atoms with Crippen molar-refractivity contribution in [2.75, 3.05) is 25.1 Å². The van der Waals surface area contributed by atoms with Crippen LogP contribution in [0.1, 0.15) is 74.4 Å². The Morgan fingerprint density at radius 2 is 1.77 bits per heavy atom. The zero-order valence-corrected chi connectivity index (χ0v) is 24.5. The Morgan fingerprint density at radius 3 is 2.42 bits per heavy atom. The van der Waals surface area contributed by atoms with Crippen LogP contribution in [-0.4, -0.2) is 48.3 Å². The molecule has 4 atom stereocenters. The Labute approximate surface area is 242 Å². The minimum Gasteiger partial charge on any atom is -0.493 e. The smallest absolute Gasteiger partial charge is 0.232 e. The monoisotopic (exact) mass is 562 g/mol. The number of hydrogen-bond donors (Lipinski definition) is 1. The van der Waals surface area contributed by atoms with Crippen LogP contribution in [0.15, 0.2) is 60.7 Å². The summed E-state index contributed by atoms with van der Waals surface area (Å²) in [5, 5.41) is 10.8. The minimum absolute atomic E-state index is 0.0186. The SMILES string of the molecule is CC[C@@H](C)Oc1cc2c(cc1OC)CC(=O)N(c1ccc(C(C)N3CCC[C@@H](O)C3)cc1)C2c1ccc(Cl)cc1. The molecule has 0 aromatic heterocycles. The third-order valence-corrected chi connectivity index (χ3v) is 8.56. The van der Waals surface area contributed by atoms with E-state index in [1.54, 1.807) is 7.11 Å². The first-order valence-electron chi connectivity index (χ1n) is 14.3. The topological polar surface area (TPSA) is 62.2 Å². The molecule has 40 heavy (non-hydrogen) atoms. The number of anilines is 1. The fourth-order valence-electron chi connectivity index (χ4n) is 5.83. The lowest BCUT2D eigenvalue weighted by atomic mass is 9.86. The van der Waals surface area contributed by atoms with Gasteiger partial charge in [0, 0.05) is 23.3 Å². The van der Waals surface area contributed by atoms with Gasteiger partial charge in [0.2, 0.25) is 5.91 Å². The predicted molar refractivity (Wildman–Crippen MR) is 160 cm³/mol. The van der Waals surface area contributed by atoms with Crippen molar-refractivity contribution in [3.63, 3.8) is 0 Å². The summed E-state index contributed by atoms with van der Waals surface area (Å²) in [5.74, 6) is 1.33. The molecule has 2 heterocycles. The Balaban J connectivity index is 1.54. The van der Waals surface area contributed by atoms with Crippen LogP contribution in [0, 0.1) is 0 Å². The molecular formula is C33H39ClN2O4. The molecule has 2 aliphatic rings. The average molecular weight is 563 g/mol. The van der Waals surface area contributed by atoms with E-state index < -0.39 is 0 Å². The number of fused-ring (bicyclic) bond motifs is 1. The number of hydrogen-bond acceptors (Lipinski definition) is 5. The molecule has 3 aromatic rings. The molecule has 2 unspecified atom stereocenters. The summed E-state index contributed by atoms with van der Waals surface area (Å²) >= 11 is 6.25. The number of likely N-dealkylation sites (tertiary alicyclic amines) is 1. The van der Waals surface area contributed by atoms with Crippen molar-refractivity contribution in [1.29, 1.82) is 0 Å². The number of amides is 1. The molecule has 2 aliphatic heterocycles. The van der Waals surface area contributed by atoms with Crippen LogP contribution in [0.4, 0.5) is 5.69 Å². The molecule has 0 aliphatic carbocycles. The molecule has 212 valence electrons. The van der Waals surface area contributed by atoms with Gasteiger partial charge in [0.25, 0.3) is 0 Å². The highest BCUT2D eigenvalue weighted by molar-refractivity contribution is 6.30. The van der Waals surface area contributed by atoms with Gasteiger partial charge in [0.15, 0.2) is 11.5 Å². The number of methoxy groups -OCH3 is 1. The quantitative estimate of drug-likeness (QED) is 0.330. The zero-order chi connectivity index (χ0) is 28.4. The molecule has 0 spiro atoms. The van der Waals surface area contributed by atoms with E-state index in [1.165, 1.54) is 5.56 Å². The van der Waals surface area contributed by atoms with E-state index in [1.807, 2.05) is 60.4 Å². The number of benzene rings is 3. The molecule has 1 saturated heterocycles. The minimum atomic E-state index is -0.348. The van der Waals surface area contributed by atoms with Crippen molar-refractivity contribution < 1.29 is 19.4 Å². The Kier molecular flexibility index (Phi) is 8.69. The molecule has 6 nitrogen and oxygen atoms in total. The molecule has 1 amide bonds. The van der Waals surface area contributed by atoms with E-state index in [9.17, 15) is 9.90 Å². The number of aliphatic hydroxyl groups is 1. The van der Waals surface area contributed by atoms with Crippen molar-refractivity contribution in [2.45, 2.75) is 70.7 Å². The van der Waals surface area contributed by atoms with Crippen molar-refractivity contribution in [3.8, 4) is 11.5 Å². The first-order valence-corrected chi connectivity index (χ1v) is 14.6. The van der Waals surface area contributed by atoms with Gasteiger partial charge in [0.1, 0.15) is 0 Å². The number of carbonyl (C=O) groups is 1. The van der Waals surface area contributed by atoms with Gasteiger partial charge in [-0.25, -0.2) is 0 Å². The van der Waals surface area contributed by atoms with Gasteiger partial charge in [0.05, 0.1) is 31.8 Å². The van der Waals surface area contributed by atoms with Crippen LogP contribution in [-0.2, 0) is 11.2 Å². The number of piperidine rings is 1. The molecule has 1 fully saturated rings. The Hall–Kier alpha value is -3.06. The summed E-state index contributed by atoms with van der Waals surface area (Å²) in [5.41, 5.74) is 4.92. The summed E-state index contributed by atoms with van der Waals surface area (Å²) in [4.78, 5) is 18.0. The van der Waals surface area contributed by atoms with E-state index >= 15 is 0 Å². The maximum absolute atomic E-state index is 13.8. The number of carbonyl (C=O) groups excluding carboxylic acids is 1.